The van der Waals surface area contributed by atoms with Gasteiger partial charge in [0, 0.05) is 12.0 Å². The van der Waals surface area contributed by atoms with E-state index in [0.29, 0.717) is 17.7 Å². The highest BCUT2D eigenvalue weighted by molar-refractivity contribution is 5.97. The van der Waals surface area contributed by atoms with E-state index >= 15 is 0 Å². The average molecular weight is 176 g/mol. The summed E-state index contributed by atoms with van der Waals surface area (Å²) in [5, 5.41) is 7.73. The van der Waals surface area contributed by atoms with Crippen molar-refractivity contribution >= 4 is 5.78 Å². The fraction of sp³-hybridized carbons (Fsp3) is 0.300. The molecule has 0 N–H and O–H groups in total. The van der Waals surface area contributed by atoms with Crippen LogP contribution in [0.5, 0.6) is 0 Å². The molecule has 0 bridgehead atoms. The molecule has 1 aromatic heterocycles. The van der Waals surface area contributed by atoms with E-state index in [0.717, 1.165) is 5.69 Å². The number of carbonyl (C=O) groups excluding carboxylic acids is 1. The number of Topliss-reactive ketones (excluding diaryl/α,β-unsaturated/α-hetero) is 1. The third-order valence-electron chi connectivity index (χ3n) is 1.73. The summed E-state index contributed by atoms with van der Waals surface area (Å²) in [7, 11) is 0. The van der Waals surface area contributed by atoms with Crippen LogP contribution in [0.1, 0.15) is 28.2 Å². The third kappa shape index (κ3) is 2.21. The van der Waals surface area contributed by atoms with Crippen LogP contribution in [-0.4, -0.2) is 16.0 Å². The average Bonchev–Trinajstić information content (AvgIpc) is 2.09. The zero-order valence-corrected chi connectivity index (χ0v) is 7.87. The van der Waals surface area contributed by atoms with Gasteiger partial charge in [-0.25, -0.2) is 0 Å². The minimum absolute atomic E-state index is 0.0468. The molecule has 68 valence electrons. The van der Waals surface area contributed by atoms with Gasteiger partial charge in [-0.05, 0) is 19.9 Å². The molecule has 0 aliphatic carbocycles. The lowest BCUT2D eigenvalue weighted by Crippen LogP contribution is -2.04. The Morgan fingerprint density at radius 1 is 1.54 bits per heavy atom. The number of nitrogens with zero attached hydrogens (tertiary/aromatic N) is 2. The normalized spacial score (nSPS) is 9.69. The molecule has 1 heterocycles. The van der Waals surface area contributed by atoms with Crippen molar-refractivity contribution in [3.05, 3.63) is 35.7 Å². The van der Waals surface area contributed by atoms with Crippen molar-refractivity contribution in [1.29, 1.82) is 0 Å². The first-order chi connectivity index (χ1) is 6.15. The Labute approximate surface area is 77.5 Å². The first-order valence-corrected chi connectivity index (χ1v) is 4.10. The van der Waals surface area contributed by atoms with Gasteiger partial charge >= 0.3 is 0 Å². The second-order valence-corrected chi connectivity index (χ2v) is 2.90. The molecule has 0 aliphatic heterocycles. The van der Waals surface area contributed by atoms with Crippen molar-refractivity contribution in [3.8, 4) is 0 Å². The molecule has 3 heteroatoms. The van der Waals surface area contributed by atoms with Crippen molar-refractivity contribution in [2.45, 2.75) is 20.3 Å². The van der Waals surface area contributed by atoms with Gasteiger partial charge in [0.15, 0.2) is 5.78 Å². The number of aryl methyl sites for hydroxylation is 2. The summed E-state index contributed by atoms with van der Waals surface area (Å²) >= 11 is 0. The molecule has 0 saturated carbocycles. The van der Waals surface area contributed by atoms with Crippen LogP contribution < -0.4 is 0 Å². The van der Waals surface area contributed by atoms with Gasteiger partial charge < -0.3 is 0 Å². The molecule has 1 rings (SSSR count). The van der Waals surface area contributed by atoms with Gasteiger partial charge in [-0.1, -0.05) is 6.08 Å². The van der Waals surface area contributed by atoms with E-state index in [4.69, 9.17) is 0 Å². The number of allylic oxidation sites excluding steroid dienone is 1. The van der Waals surface area contributed by atoms with E-state index in [9.17, 15) is 4.79 Å². The lowest BCUT2D eigenvalue weighted by Gasteiger charge is -2.01. The Balaban J connectivity index is 3.05. The molecule has 0 saturated heterocycles. The first-order valence-electron chi connectivity index (χ1n) is 4.10. The quantitative estimate of drug-likeness (QED) is 0.521. The van der Waals surface area contributed by atoms with Crippen molar-refractivity contribution < 1.29 is 4.79 Å². The highest BCUT2D eigenvalue weighted by atomic mass is 16.1. The summed E-state index contributed by atoms with van der Waals surface area (Å²) < 4.78 is 0. The molecule has 0 unspecified atom stereocenters. The summed E-state index contributed by atoms with van der Waals surface area (Å²) in [6.07, 6.45) is 1.95. The molecule has 0 amide bonds. The Kier molecular flexibility index (Phi) is 2.90. The van der Waals surface area contributed by atoms with Gasteiger partial charge in [0.05, 0.1) is 11.4 Å². The molecular weight excluding hydrogens is 164 g/mol. The van der Waals surface area contributed by atoms with E-state index in [1.54, 1.807) is 19.1 Å². The topological polar surface area (TPSA) is 42.9 Å². The summed E-state index contributed by atoms with van der Waals surface area (Å²) in [6.45, 7) is 7.12. The van der Waals surface area contributed by atoms with Crippen LogP contribution in [0.15, 0.2) is 18.7 Å². The minimum atomic E-state index is 0.0468. The molecule has 1 aromatic rings. The third-order valence-corrected chi connectivity index (χ3v) is 1.73. The smallest absolute Gasteiger partial charge is 0.168 e. The first kappa shape index (κ1) is 9.58. The van der Waals surface area contributed by atoms with Crippen molar-refractivity contribution in [1.82, 2.24) is 10.2 Å². The molecule has 0 atom stereocenters. The van der Waals surface area contributed by atoms with Crippen molar-refractivity contribution in [2.24, 2.45) is 0 Å². The Morgan fingerprint density at radius 2 is 2.23 bits per heavy atom. The number of aromatic nitrogens is 2. The van der Waals surface area contributed by atoms with E-state index in [1.165, 1.54) is 0 Å². The van der Waals surface area contributed by atoms with Crippen molar-refractivity contribution in [3.63, 3.8) is 0 Å². The maximum atomic E-state index is 11.5. The van der Waals surface area contributed by atoms with Crippen LogP contribution >= 0.6 is 0 Å². The van der Waals surface area contributed by atoms with Gasteiger partial charge in [0.1, 0.15) is 0 Å². The Hall–Kier alpha value is -1.51. The van der Waals surface area contributed by atoms with Crippen LogP contribution in [0.25, 0.3) is 0 Å². The largest absolute Gasteiger partial charge is 0.294 e. The van der Waals surface area contributed by atoms with Gasteiger partial charge in [-0.3, -0.25) is 4.79 Å². The molecule has 3 nitrogen and oxygen atoms in total. The summed E-state index contributed by atoms with van der Waals surface area (Å²) in [5.74, 6) is 0.0468. The van der Waals surface area contributed by atoms with Crippen LogP contribution in [0.3, 0.4) is 0 Å². The predicted molar refractivity (Wildman–Crippen MR) is 50.7 cm³/mol. The van der Waals surface area contributed by atoms with E-state index in [2.05, 4.69) is 16.8 Å². The summed E-state index contributed by atoms with van der Waals surface area (Å²) in [5.41, 5.74) is 2.09. The maximum Gasteiger partial charge on any atom is 0.168 e. The van der Waals surface area contributed by atoms with Gasteiger partial charge in [0.25, 0.3) is 0 Å². The highest BCUT2D eigenvalue weighted by Crippen LogP contribution is 2.08. The summed E-state index contributed by atoms with van der Waals surface area (Å²) in [4.78, 5) is 11.5. The molecule has 0 aliphatic rings. The number of rotatable bonds is 3. The molecule has 0 radical (unpaired) electrons. The Morgan fingerprint density at radius 3 is 2.85 bits per heavy atom. The van der Waals surface area contributed by atoms with E-state index < -0.39 is 0 Å². The van der Waals surface area contributed by atoms with Crippen LogP contribution in [-0.2, 0) is 0 Å². The highest BCUT2D eigenvalue weighted by Gasteiger charge is 2.08. The number of carbonyl (C=O) groups is 1. The monoisotopic (exact) mass is 176 g/mol. The maximum absolute atomic E-state index is 11.5. The standard InChI is InChI=1S/C10H12N2O/c1-4-5-10(13)9-6-7(2)11-12-8(9)3/h4,6H,1,5H2,2-3H3. The SMILES string of the molecule is C=CCC(=O)c1cc(C)nnc1C. The molecule has 0 spiro atoms. The van der Waals surface area contributed by atoms with Gasteiger partial charge in [-0.15, -0.1) is 6.58 Å². The number of ketones is 1. The fourth-order valence-electron chi connectivity index (χ4n) is 1.07. The predicted octanol–water partition coefficient (Wildman–Crippen LogP) is 1.85. The van der Waals surface area contributed by atoms with Crippen LogP contribution in [0.2, 0.25) is 0 Å². The van der Waals surface area contributed by atoms with Crippen molar-refractivity contribution in [2.75, 3.05) is 0 Å². The van der Waals surface area contributed by atoms with Crippen LogP contribution in [0.4, 0.5) is 0 Å². The lowest BCUT2D eigenvalue weighted by molar-refractivity contribution is 0.0994. The van der Waals surface area contributed by atoms with E-state index in [-0.39, 0.29) is 5.78 Å². The zero-order valence-electron chi connectivity index (χ0n) is 7.87. The Bertz CT molecular complexity index is 345. The zero-order chi connectivity index (χ0) is 9.84. The molecule has 0 fully saturated rings. The lowest BCUT2D eigenvalue weighted by atomic mass is 10.1. The summed E-state index contributed by atoms with van der Waals surface area (Å²) in [6, 6.07) is 1.76. The molecule has 0 aromatic carbocycles. The van der Waals surface area contributed by atoms with Crippen LogP contribution in [0, 0.1) is 13.8 Å². The minimum Gasteiger partial charge on any atom is -0.294 e. The van der Waals surface area contributed by atoms with Gasteiger partial charge in [0.2, 0.25) is 0 Å². The van der Waals surface area contributed by atoms with E-state index in [1.807, 2.05) is 6.92 Å². The fourth-order valence-corrected chi connectivity index (χ4v) is 1.07. The number of hydrogen-bond acceptors (Lipinski definition) is 3. The second kappa shape index (κ2) is 3.94. The molecular formula is C10H12N2O. The molecule has 13 heavy (non-hydrogen) atoms. The van der Waals surface area contributed by atoms with Gasteiger partial charge in [-0.2, -0.15) is 10.2 Å². The number of hydrogen-bond donors (Lipinski definition) is 0. The second-order valence-electron chi connectivity index (χ2n) is 2.90.